The van der Waals surface area contributed by atoms with Crippen molar-refractivity contribution in [2.45, 2.75) is 0 Å². The van der Waals surface area contributed by atoms with Gasteiger partial charge in [-0.15, -0.1) is 0 Å². The van der Waals surface area contributed by atoms with E-state index in [0.29, 0.717) is 0 Å². The number of halogens is 3. The van der Waals surface area contributed by atoms with Crippen LogP contribution in [-0.4, -0.2) is 7.11 Å². The van der Waals surface area contributed by atoms with E-state index < -0.39 is 0 Å². The third-order valence-electron chi connectivity index (χ3n) is 1.19. The molecule has 0 N–H and O–H groups in total. The van der Waals surface area contributed by atoms with Crippen molar-refractivity contribution in [3.8, 4) is 5.75 Å². The molecule has 0 aromatic heterocycles. The van der Waals surface area contributed by atoms with E-state index >= 15 is 0 Å². The molecule has 1 nitrogen and oxygen atoms in total. The van der Waals surface area contributed by atoms with Gasteiger partial charge >= 0.3 is 0 Å². The Morgan fingerprint density at radius 2 is 1.91 bits per heavy atom. The van der Waals surface area contributed by atoms with Crippen molar-refractivity contribution in [2.75, 3.05) is 7.11 Å². The fraction of sp³-hybridized carbons (Fsp3) is 0.143. The minimum absolute atomic E-state index is 0.859. The summed E-state index contributed by atoms with van der Waals surface area (Å²) in [4.78, 5) is 0. The molecule has 0 unspecified atom stereocenters. The monoisotopic (exact) mass is 390 g/mol. The maximum absolute atomic E-state index is 5.11. The molecule has 11 heavy (non-hydrogen) atoms. The summed E-state index contributed by atoms with van der Waals surface area (Å²) in [7, 11) is 1.66. The summed E-state index contributed by atoms with van der Waals surface area (Å²) in [5.74, 6) is 0.859. The molecule has 0 saturated carbocycles. The molecular weight excluding hydrogens is 387 g/mol. The molecule has 0 fully saturated rings. The third kappa shape index (κ3) is 2.32. The highest BCUT2D eigenvalue weighted by atomic mass is 127. The van der Waals surface area contributed by atoms with Gasteiger partial charge in [-0.25, -0.2) is 0 Å². The van der Waals surface area contributed by atoms with Gasteiger partial charge in [-0.3, -0.25) is 0 Å². The lowest BCUT2D eigenvalue weighted by Gasteiger charge is -2.04. The summed E-state index contributed by atoms with van der Waals surface area (Å²) in [5.41, 5.74) is 0. The van der Waals surface area contributed by atoms with Crippen molar-refractivity contribution in [1.82, 2.24) is 0 Å². The Hall–Kier alpha value is 0.710. The van der Waals surface area contributed by atoms with Crippen LogP contribution >= 0.6 is 54.5 Å². The molecule has 0 aliphatic carbocycles. The van der Waals surface area contributed by atoms with Gasteiger partial charge in [0.1, 0.15) is 5.75 Å². The van der Waals surface area contributed by atoms with Gasteiger partial charge < -0.3 is 4.74 Å². The largest absolute Gasteiger partial charge is 0.496 e. The van der Waals surface area contributed by atoms with Gasteiger partial charge in [0.05, 0.1) is 11.6 Å². The van der Waals surface area contributed by atoms with Crippen molar-refractivity contribution in [3.05, 3.63) is 24.6 Å². The van der Waals surface area contributed by atoms with E-state index in [0.717, 1.165) is 18.3 Å². The number of hydrogen-bond donors (Lipinski definition) is 0. The van der Waals surface area contributed by atoms with E-state index in [2.05, 4.69) is 54.5 Å². The van der Waals surface area contributed by atoms with Crippen molar-refractivity contribution < 1.29 is 4.74 Å². The Balaban J connectivity index is 3.21. The zero-order chi connectivity index (χ0) is 8.43. The van der Waals surface area contributed by atoms with Crippen LogP contribution in [0.15, 0.2) is 21.1 Å². The van der Waals surface area contributed by atoms with E-state index in [4.69, 9.17) is 4.74 Å². The molecule has 1 aromatic rings. The van der Waals surface area contributed by atoms with Gasteiger partial charge in [-0.05, 0) is 66.6 Å². The Labute approximate surface area is 95.9 Å². The number of methoxy groups -OCH3 is 1. The van der Waals surface area contributed by atoms with E-state index in [1.165, 1.54) is 0 Å². The van der Waals surface area contributed by atoms with Crippen molar-refractivity contribution in [3.63, 3.8) is 0 Å². The molecule has 0 heterocycles. The maximum Gasteiger partial charge on any atom is 0.134 e. The Kier molecular flexibility index (Phi) is 3.64. The van der Waals surface area contributed by atoms with Crippen LogP contribution in [0.25, 0.3) is 0 Å². The Morgan fingerprint density at radius 3 is 2.45 bits per heavy atom. The summed E-state index contributed by atoms with van der Waals surface area (Å²) < 4.78 is 8.29. The zero-order valence-corrected chi connectivity index (χ0v) is 11.0. The van der Waals surface area contributed by atoms with Crippen LogP contribution in [0, 0.1) is 3.57 Å². The van der Waals surface area contributed by atoms with Gasteiger partial charge in [0.15, 0.2) is 0 Å². The first-order valence-electron chi connectivity index (χ1n) is 2.83. The predicted molar refractivity (Wildman–Crippen MR) is 61.1 cm³/mol. The number of ether oxygens (including phenoxy) is 1. The summed E-state index contributed by atoms with van der Waals surface area (Å²) in [6, 6.07) is 3.94. The summed E-state index contributed by atoms with van der Waals surface area (Å²) >= 11 is 9.04. The van der Waals surface area contributed by atoms with Crippen LogP contribution in [-0.2, 0) is 0 Å². The molecule has 1 aromatic carbocycles. The first-order chi connectivity index (χ1) is 5.15. The summed E-state index contributed by atoms with van der Waals surface area (Å²) in [6.07, 6.45) is 0. The Bertz CT molecular complexity index is 275. The lowest BCUT2D eigenvalue weighted by molar-refractivity contribution is 0.411. The number of rotatable bonds is 1. The fourth-order valence-electron chi connectivity index (χ4n) is 0.661. The summed E-state index contributed by atoms with van der Waals surface area (Å²) in [6.45, 7) is 0. The zero-order valence-electron chi connectivity index (χ0n) is 5.70. The van der Waals surface area contributed by atoms with E-state index in [-0.39, 0.29) is 0 Å². The lowest BCUT2D eigenvalue weighted by Crippen LogP contribution is -1.85. The highest BCUT2D eigenvalue weighted by Gasteiger charge is 2.03. The molecular formula is C7H5Br2IO. The molecule has 0 amide bonds. The van der Waals surface area contributed by atoms with Gasteiger partial charge in [0.25, 0.3) is 0 Å². The second-order valence-electron chi connectivity index (χ2n) is 1.90. The molecule has 0 aliphatic heterocycles. The van der Waals surface area contributed by atoms with E-state index in [1.807, 2.05) is 12.1 Å². The topological polar surface area (TPSA) is 9.23 Å². The smallest absolute Gasteiger partial charge is 0.134 e. The minimum atomic E-state index is 0.859. The third-order valence-corrected chi connectivity index (χ3v) is 4.10. The molecule has 4 heteroatoms. The molecule has 1 rings (SSSR count). The number of hydrogen-bond acceptors (Lipinski definition) is 1. The molecule has 0 bridgehead atoms. The van der Waals surface area contributed by atoms with Crippen molar-refractivity contribution >= 4 is 54.5 Å². The van der Waals surface area contributed by atoms with Crippen LogP contribution in [0.3, 0.4) is 0 Å². The molecule has 60 valence electrons. The molecule has 0 aliphatic rings. The minimum Gasteiger partial charge on any atom is -0.496 e. The van der Waals surface area contributed by atoms with Crippen molar-refractivity contribution in [1.29, 1.82) is 0 Å². The quantitative estimate of drug-likeness (QED) is 0.522. The first kappa shape index (κ1) is 9.80. The first-order valence-corrected chi connectivity index (χ1v) is 5.50. The molecule has 0 spiro atoms. The van der Waals surface area contributed by atoms with Crippen molar-refractivity contribution in [2.24, 2.45) is 0 Å². The van der Waals surface area contributed by atoms with E-state index in [1.54, 1.807) is 7.11 Å². The average molecular weight is 392 g/mol. The predicted octanol–water partition coefficient (Wildman–Crippen LogP) is 3.82. The number of benzene rings is 1. The maximum atomic E-state index is 5.11. The SMILES string of the molecule is COc1cc(I)c(Br)cc1Br. The fourth-order valence-corrected chi connectivity index (χ4v) is 2.26. The van der Waals surface area contributed by atoms with Crippen LogP contribution in [0.2, 0.25) is 0 Å². The second-order valence-corrected chi connectivity index (χ2v) is 4.77. The standard InChI is InChI=1S/C7H5Br2IO/c1-11-7-3-6(10)4(8)2-5(7)9/h2-3H,1H3. The highest BCUT2D eigenvalue weighted by Crippen LogP contribution is 2.31. The van der Waals surface area contributed by atoms with Crippen LogP contribution in [0.4, 0.5) is 0 Å². The van der Waals surface area contributed by atoms with Gasteiger partial charge in [0, 0.05) is 8.04 Å². The lowest BCUT2D eigenvalue weighted by atomic mass is 10.3. The summed E-state index contributed by atoms with van der Waals surface area (Å²) in [5, 5.41) is 0. The van der Waals surface area contributed by atoms with Gasteiger partial charge in [0.2, 0.25) is 0 Å². The van der Waals surface area contributed by atoms with Gasteiger partial charge in [-0.2, -0.15) is 0 Å². The Morgan fingerprint density at radius 1 is 1.27 bits per heavy atom. The average Bonchev–Trinajstić information content (AvgIpc) is 1.97. The van der Waals surface area contributed by atoms with Crippen LogP contribution in [0.1, 0.15) is 0 Å². The second kappa shape index (κ2) is 4.09. The van der Waals surface area contributed by atoms with E-state index in [9.17, 15) is 0 Å². The normalized spacial score (nSPS) is 9.82. The highest BCUT2D eigenvalue weighted by molar-refractivity contribution is 14.1. The molecule has 0 atom stereocenters. The van der Waals surface area contributed by atoms with Crippen LogP contribution in [0.5, 0.6) is 5.75 Å². The van der Waals surface area contributed by atoms with Crippen LogP contribution < -0.4 is 4.74 Å². The van der Waals surface area contributed by atoms with Gasteiger partial charge in [-0.1, -0.05) is 0 Å². The molecule has 0 saturated heterocycles. The molecule has 0 radical (unpaired) electrons.